The van der Waals surface area contributed by atoms with Crippen LogP contribution in [0, 0.1) is 11.6 Å². The molecule has 0 fully saturated rings. The Hall–Kier alpha value is -3.01. The zero-order chi connectivity index (χ0) is 18.2. The van der Waals surface area contributed by atoms with Crippen molar-refractivity contribution in [3.8, 4) is 5.75 Å². The first-order chi connectivity index (χ1) is 11.8. The molecule has 3 rings (SSSR count). The lowest BCUT2D eigenvalue weighted by molar-refractivity contribution is -0.118. The number of amides is 2. The summed E-state index contributed by atoms with van der Waals surface area (Å²) >= 11 is 0. The van der Waals surface area contributed by atoms with Gasteiger partial charge in [0.1, 0.15) is 17.4 Å². The second-order valence-electron chi connectivity index (χ2n) is 5.05. The van der Waals surface area contributed by atoms with E-state index in [0.717, 1.165) is 18.2 Å². The number of hydrogen-bond donors (Lipinski definition) is 2. The molecule has 0 saturated carbocycles. The second kappa shape index (κ2) is 6.13. The highest BCUT2D eigenvalue weighted by atomic mass is 32.2. The van der Waals surface area contributed by atoms with Gasteiger partial charge < -0.3 is 10.1 Å². The Kier molecular flexibility index (Phi) is 4.13. The highest BCUT2D eigenvalue weighted by Gasteiger charge is 2.24. The largest absolute Gasteiger partial charge is 0.482 e. The van der Waals surface area contributed by atoms with Crippen molar-refractivity contribution in [3.05, 3.63) is 53.6 Å². The van der Waals surface area contributed by atoms with E-state index >= 15 is 0 Å². The molecule has 0 aliphatic carbocycles. The molecule has 2 amide bonds. The predicted octanol–water partition coefficient (Wildman–Crippen LogP) is 1.41. The van der Waals surface area contributed by atoms with Crippen molar-refractivity contribution in [1.29, 1.82) is 0 Å². The molecule has 0 spiro atoms. The molecule has 25 heavy (non-hydrogen) atoms. The van der Waals surface area contributed by atoms with Crippen LogP contribution in [0.4, 0.5) is 14.5 Å². The van der Waals surface area contributed by atoms with E-state index in [1.807, 2.05) is 0 Å². The molecule has 1 aliphatic rings. The lowest BCUT2D eigenvalue weighted by Crippen LogP contribution is -2.31. The number of benzene rings is 2. The molecule has 7 nitrogen and oxygen atoms in total. The maximum absolute atomic E-state index is 13.6. The first kappa shape index (κ1) is 16.8. The predicted molar refractivity (Wildman–Crippen MR) is 81.6 cm³/mol. The minimum Gasteiger partial charge on any atom is -0.482 e. The van der Waals surface area contributed by atoms with E-state index in [0.29, 0.717) is 12.1 Å². The van der Waals surface area contributed by atoms with Gasteiger partial charge in [0.2, 0.25) is 0 Å². The quantitative estimate of drug-likeness (QED) is 0.853. The molecule has 10 heteroatoms. The first-order valence-electron chi connectivity index (χ1n) is 6.85. The van der Waals surface area contributed by atoms with Crippen LogP contribution in [-0.4, -0.2) is 26.8 Å². The number of nitrogens with one attached hydrogen (secondary N) is 2. The van der Waals surface area contributed by atoms with Crippen LogP contribution < -0.4 is 14.8 Å². The van der Waals surface area contributed by atoms with Crippen LogP contribution in [0.5, 0.6) is 5.75 Å². The average molecular weight is 368 g/mol. The Labute approximate surface area is 140 Å². The van der Waals surface area contributed by atoms with Crippen molar-refractivity contribution in [2.75, 3.05) is 11.9 Å². The van der Waals surface area contributed by atoms with Gasteiger partial charge in [-0.15, -0.1) is 0 Å². The SMILES string of the molecule is O=C1COc2ccc(S(=O)(=O)NC(=O)c3cc(F)ccc3F)cc2N1. The van der Waals surface area contributed by atoms with E-state index in [2.05, 4.69) is 5.32 Å². The number of sulfonamides is 1. The third-order valence-corrected chi connectivity index (χ3v) is 4.62. The minimum atomic E-state index is -4.38. The van der Waals surface area contributed by atoms with Crippen LogP contribution in [0.1, 0.15) is 10.4 Å². The van der Waals surface area contributed by atoms with Gasteiger partial charge in [-0.05, 0) is 36.4 Å². The number of ether oxygens (including phenoxy) is 1. The van der Waals surface area contributed by atoms with Crippen molar-refractivity contribution in [3.63, 3.8) is 0 Å². The molecule has 2 aromatic rings. The van der Waals surface area contributed by atoms with Crippen molar-refractivity contribution in [2.24, 2.45) is 0 Å². The molecular weight excluding hydrogens is 358 g/mol. The Bertz CT molecular complexity index is 991. The molecule has 0 aromatic heterocycles. The zero-order valence-electron chi connectivity index (χ0n) is 12.4. The number of carbonyl (C=O) groups excluding carboxylic acids is 2. The lowest BCUT2D eigenvalue weighted by atomic mass is 10.2. The van der Waals surface area contributed by atoms with E-state index in [9.17, 15) is 26.8 Å². The molecule has 130 valence electrons. The summed E-state index contributed by atoms with van der Waals surface area (Å²) in [7, 11) is -4.38. The van der Waals surface area contributed by atoms with Crippen LogP contribution in [0.25, 0.3) is 0 Å². The summed E-state index contributed by atoms with van der Waals surface area (Å²) in [5.41, 5.74) is -0.637. The van der Waals surface area contributed by atoms with Gasteiger partial charge in [0.15, 0.2) is 6.61 Å². The molecule has 2 N–H and O–H groups in total. The Morgan fingerprint density at radius 3 is 2.68 bits per heavy atom. The van der Waals surface area contributed by atoms with Gasteiger partial charge in [-0.25, -0.2) is 21.9 Å². The van der Waals surface area contributed by atoms with Crippen molar-refractivity contribution < 1.29 is 31.5 Å². The molecule has 0 radical (unpaired) electrons. The molecule has 1 heterocycles. The van der Waals surface area contributed by atoms with E-state index in [4.69, 9.17) is 4.74 Å². The van der Waals surface area contributed by atoms with Crippen LogP contribution in [0.2, 0.25) is 0 Å². The maximum atomic E-state index is 13.6. The van der Waals surface area contributed by atoms with E-state index in [1.165, 1.54) is 6.07 Å². The summed E-state index contributed by atoms with van der Waals surface area (Å²) < 4.78 is 58.0. The zero-order valence-corrected chi connectivity index (χ0v) is 13.2. The summed E-state index contributed by atoms with van der Waals surface area (Å²) in [6, 6.07) is 5.63. The Morgan fingerprint density at radius 2 is 1.92 bits per heavy atom. The molecule has 0 atom stereocenters. The lowest BCUT2D eigenvalue weighted by Gasteiger charge is -2.18. The van der Waals surface area contributed by atoms with Crippen LogP contribution in [0.3, 0.4) is 0 Å². The molecule has 0 bridgehead atoms. The smallest absolute Gasteiger partial charge is 0.268 e. The summed E-state index contributed by atoms with van der Waals surface area (Å²) in [4.78, 5) is 22.9. The third kappa shape index (κ3) is 3.43. The maximum Gasteiger partial charge on any atom is 0.268 e. The van der Waals surface area contributed by atoms with Gasteiger partial charge in [-0.1, -0.05) is 0 Å². The molecule has 0 saturated heterocycles. The average Bonchev–Trinajstić information content (AvgIpc) is 2.55. The highest BCUT2D eigenvalue weighted by Crippen LogP contribution is 2.30. The Morgan fingerprint density at radius 1 is 1.16 bits per heavy atom. The monoisotopic (exact) mass is 368 g/mol. The number of carbonyl (C=O) groups is 2. The van der Waals surface area contributed by atoms with Crippen molar-refractivity contribution in [2.45, 2.75) is 4.90 Å². The fraction of sp³-hybridized carbons (Fsp3) is 0.0667. The fourth-order valence-corrected chi connectivity index (χ4v) is 3.13. The van der Waals surface area contributed by atoms with Gasteiger partial charge in [0.05, 0.1) is 16.1 Å². The summed E-state index contributed by atoms with van der Waals surface area (Å²) in [5, 5.41) is 2.42. The van der Waals surface area contributed by atoms with Crippen molar-refractivity contribution >= 4 is 27.5 Å². The minimum absolute atomic E-state index is 0.114. The van der Waals surface area contributed by atoms with Gasteiger partial charge in [-0.3, -0.25) is 9.59 Å². The number of rotatable bonds is 3. The fourth-order valence-electron chi connectivity index (χ4n) is 2.14. The molecule has 0 unspecified atom stereocenters. The summed E-state index contributed by atoms with van der Waals surface area (Å²) in [6.07, 6.45) is 0. The van der Waals surface area contributed by atoms with Gasteiger partial charge in [0, 0.05) is 0 Å². The normalized spacial score (nSPS) is 13.4. The number of halogens is 2. The van der Waals surface area contributed by atoms with Gasteiger partial charge >= 0.3 is 0 Å². The number of fused-ring (bicyclic) bond motifs is 1. The standard InChI is InChI=1S/C15H10F2N2O5S/c16-8-1-3-11(17)10(5-8)15(21)19-25(22,23)9-2-4-13-12(6-9)18-14(20)7-24-13/h1-6H,7H2,(H,18,20)(H,19,21). The first-order valence-corrected chi connectivity index (χ1v) is 8.33. The van der Waals surface area contributed by atoms with Gasteiger partial charge in [0.25, 0.3) is 21.8 Å². The highest BCUT2D eigenvalue weighted by molar-refractivity contribution is 7.90. The second-order valence-corrected chi connectivity index (χ2v) is 6.74. The van der Waals surface area contributed by atoms with Gasteiger partial charge in [-0.2, -0.15) is 0 Å². The van der Waals surface area contributed by atoms with Crippen LogP contribution in [0.15, 0.2) is 41.3 Å². The van der Waals surface area contributed by atoms with E-state index < -0.39 is 39.0 Å². The van der Waals surface area contributed by atoms with Crippen LogP contribution >= 0.6 is 0 Å². The number of anilines is 1. The Balaban J connectivity index is 1.89. The topological polar surface area (TPSA) is 102 Å². The summed E-state index contributed by atoms with van der Waals surface area (Å²) in [6.45, 7) is -0.200. The van der Waals surface area contributed by atoms with E-state index in [-0.39, 0.29) is 22.9 Å². The molecular formula is C15H10F2N2O5S. The third-order valence-electron chi connectivity index (χ3n) is 3.29. The van der Waals surface area contributed by atoms with Crippen molar-refractivity contribution in [1.82, 2.24) is 4.72 Å². The molecule has 1 aliphatic heterocycles. The van der Waals surface area contributed by atoms with E-state index in [1.54, 1.807) is 4.72 Å². The summed E-state index contributed by atoms with van der Waals surface area (Å²) in [5.74, 6) is -3.48. The molecule has 2 aromatic carbocycles. The number of hydrogen-bond acceptors (Lipinski definition) is 5. The van der Waals surface area contributed by atoms with Crippen LogP contribution in [-0.2, 0) is 14.8 Å².